The summed E-state index contributed by atoms with van der Waals surface area (Å²) in [4.78, 5) is 28.9. The maximum Gasteiger partial charge on any atom is 0.509 e. The van der Waals surface area contributed by atoms with Crippen LogP contribution < -0.4 is 0 Å². The Labute approximate surface area is 307 Å². The van der Waals surface area contributed by atoms with Crippen LogP contribution in [0.1, 0.15) is 116 Å². The Morgan fingerprint density at radius 3 is 1.62 bits per heavy atom. The van der Waals surface area contributed by atoms with Gasteiger partial charge in [0.05, 0.1) is 23.9 Å². The highest BCUT2D eigenvalue weighted by Crippen LogP contribution is 2.65. The highest BCUT2D eigenvalue weighted by Gasteiger charge is 2.75. The third-order valence-corrected chi connectivity index (χ3v) is 29.2. The minimum absolute atomic E-state index is 0.0331. The lowest BCUT2D eigenvalue weighted by molar-refractivity contribution is -0.246. The third-order valence-electron chi connectivity index (χ3n) is 15.3. The molecule has 1 N–H and O–H groups in total. The molecular formula is C39H72O8Si3. The summed E-state index contributed by atoms with van der Waals surface area (Å²) >= 11 is 0. The first-order chi connectivity index (χ1) is 23.3. The number of hydrogen-bond acceptors (Lipinski definition) is 8. The van der Waals surface area contributed by atoms with Crippen LogP contribution in [0, 0.1) is 16.7 Å². The molecule has 2 saturated carbocycles. The zero-order chi connectivity index (χ0) is 37.7. The maximum atomic E-state index is 15.2. The molecule has 288 valence electrons. The molecule has 0 aromatic rings. The molecule has 0 aromatic heterocycles. The number of fused-ring (bicyclic) bond motifs is 3. The molecule has 1 saturated heterocycles. The van der Waals surface area contributed by atoms with Gasteiger partial charge in [-0.3, -0.25) is 4.79 Å². The van der Waals surface area contributed by atoms with Crippen molar-refractivity contribution in [2.75, 3.05) is 0 Å². The van der Waals surface area contributed by atoms with E-state index in [-0.39, 0.29) is 24.4 Å². The Kier molecular flexibility index (Phi) is 12.4. The number of carbonyl (C=O) groups is 2. The average Bonchev–Trinajstić information content (AvgIpc) is 3.41. The predicted octanol–water partition coefficient (Wildman–Crippen LogP) is 9.93. The molecule has 8 nitrogen and oxygen atoms in total. The van der Waals surface area contributed by atoms with Gasteiger partial charge in [-0.1, -0.05) is 83.1 Å². The van der Waals surface area contributed by atoms with Crippen LogP contribution in [0.25, 0.3) is 0 Å². The minimum Gasteiger partial charge on any atom is -0.426 e. The van der Waals surface area contributed by atoms with Crippen LogP contribution in [-0.4, -0.2) is 77.6 Å². The lowest BCUT2D eigenvalue weighted by atomic mass is 9.46. The Hall–Kier alpha value is -0.829. The summed E-state index contributed by atoms with van der Waals surface area (Å²) in [6.07, 6.45) is -1.82. The van der Waals surface area contributed by atoms with E-state index in [0.29, 0.717) is 18.4 Å². The number of carbonyl (C=O) groups excluding carboxylic acids is 2. The second-order valence-corrected chi connectivity index (χ2v) is 31.4. The fraction of sp³-hybridized carbons (Fsp3) is 0.897. The molecule has 8 atom stereocenters. The standard InChI is InChI=1S/C39H72O8Si3/c1-15-48(16-2,17-3)45-29-26-39-34(43-35(41)44-39)33-37(13,25-28(40)32(27(29)10)36(39,11)12)30(46-49(18-4,19-5)20-6)24-31(38(33,14)42)47-50(21-7,22-8)23-9/h29-31,33-34,42H,15-26H2,1-14H3/t29-,30-,31+,33-,34-,37+,38+,39+/m0/s1. The first-order valence-corrected chi connectivity index (χ1v) is 27.8. The van der Waals surface area contributed by atoms with Crippen LogP contribution in [0.3, 0.4) is 0 Å². The summed E-state index contributed by atoms with van der Waals surface area (Å²) in [6.45, 7) is 30.1. The number of rotatable bonds is 15. The van der Waals surface area contributed by atoms with E-state index in [0.717, 1.165) is 60.0 Å². The fourth-order valence-electron chi connectivity index (χ4n) is 11.0. The fourth-order valence-corrected chi connectivity index (χ4v) is 19.8. The van der Waals surface area contributed by atoms with Crippen molar-refractivity contribution in [2.45, 2.75) is 206 Å². The molecule has 0 amide bonds. The number of hydrogen-bond donors (Lipinski definition) is 1. The van der Waals surface area contributed by atoms with Gasteiger partial charge in [0.15, 0.2) is 42.4 Å². The zero-order valence-corrected chi connectivity index (χ0v) is 37.2. The lowest BCUT2D eigenvalue weighted by Gasteiger charge is -2.64. The monoisotopic (exact) mass is 752 g/mol. The first kappa shape index (κ1) is 41.9. The van der Waals surface area contributed by atoms with Gasteiger partial charge >= 0.3 is 6.16 Å². The van der Waals surface area contributed by atoms with E-state index < -0.39 is 71.3 Å². The molecule has 0 radical (unpaired) electrons. The first-order valence-electron chi connectivity index (χ1n) is 20.2. The second kappa shape index (κ2) is 14.8. The molecule has 50 heavy (non-hydrogen) atoms. The molecular weight excluding hydrogens is 681 g/mol. The Bertz CT molecular complexity index is 1260. The van der Waals surface area contributed by atoms with Crippen LogP contribution in [0.15, 0.2) is 11.1 Å². The van der Waals surface area contributed by atoms with Crippen molar-refractivity contribution >= 4 is 36.9 Å². The van der Waals surface area contributed by atoms with Gasteiger partial charge in [-0.05, 0) is 73.8 Å². The van der Waals surface area contributed by atoms with E-state index in [1.807, 2.05) is 20.8 Å². The Morgan fingerprint density at radius 1 is 0.720 bits per heavy atom. The third kappa shape index (κ3) is 6.42. The maximum absolute atomic E-state index is 15.2. The van der Waals surface area contributed by atoms with E-state index in [1.54, 1.807) is 0 Å². The summed E-state index contributed by atoms with van der Waals surface area (Å²) in [6, 6.07) is 8.61. The highest BCUT2D eigenvalue weighted by molar-refractivity contribution is 6.74. The molecule has 1 spiro atoms. The van der Waals surface area contributed by atoms with Gasteiger partial charge in [-0.25, -0.2) is 4.79 Å². The van der Waals surface area contributed by atoms with Crippen LogP contribution in [-0.2, 0) is 27.5 Å². The van der Waals surface area contributed by atoms with Gasteiger partial charge in [0.25, 0.3) is 0 Å². The van der Waals surface area contributed by atoms with Crippen LogP contribution in [0.2, 0.25) is 54.4 Å². The van der Waals surface area contributed by atoms with Crippen LogP contribution >= 0.6 is 0 Å². The molecule has 4 rings (SSSR count). The van der Waals surface area contributed by atoms with Crippen molar-refractivity contribution in [3.63, 3.8) is 0 Å². The molecule has 0 aromatic carbocycles. The van der Waals surface area contributed by atoms with Crippen molar-refractivity contribution in [3.8, 4) is 0 Å². The average molecular weight is 753 g/mol. The van der Waals surface area contributed by atoms with Crippen molar-refractivity contribution in [3.05, 3.63) is 11.1 Å². The van der Waals surface area contributed by atoms with Crippen molar-refractivity contribution in [1.82, 2.24) is 0 Å². The van der Waals surface area contributed by atoms with E-state index in [4.69, 9.17) is 22.8 Å². The molecule has 1 heterocycles. The molecule has 3 aliphatic carbocycles. The van der Waals surface area contributed by atoms with Gasteiger partial charge in [-0.2, -0.15) is 0 Å². The predicted molar refractivity (Wildman–Crippen MR) is 208 cm³/mol. The molecule has 4 aliphatic rings. The summed E-state index contributed by atoms with van der Waals surface area (Å²) in [7, 11) is -6.57. The van der Waals surface area contributed by atoms with E-state index in [2.05, 4.69) is 76.2 Å². The highest BCUT2D eigenvalue weighted by atomic mass is 28.4. The molecule has 2 bridgehead atoms. The van der Waals surface area contributed by atoms with Gasteiger partial charge < -0.3 is 27.9 Å². The number of aliphatic hydroxyl groups is 1. The second-order valence-electron chi connectivity index (χ2n) is 17.3. The molecule has 1 aliphatic heterocycles. The van der Waals surface area contributed by atoms with E-state index >= 15 is 4.79 Å². The SMILES string of the molecule is CC[Si](CC)(CC)O[C@H]1C[C@@]23OC(=O)O[C@H]2[C@@H]2[C@](C)(O)[C@H](O[Si](CC)(CC)CC)C[C@H](O[Si](CC)(CC)CC)[C@@]2(C)CC(=O)C(=C1C)C3(C)C. The van der Waals surface area contributed by atoms with Gasteiger partial charge in [-0.15, -0.1) is 0 Å². The summed E-state index contributed by atoms with van der Waals surface area (Å²) in [5, 5.41) is 13.2. The summed E-state index contributed by atoms with van der Waals surface area (Å²) in [5.74, 6) is -0.653. The zero-order valence-electron chi connectivity index (χ0n) is 34.2. The smallest absolute Gasteiger partial charge is 0.426 e. The lowest BCUT2D eigenvalue weighted by Crippen LogP contribution is -2.74. The van der Waals surface area contributed by atoms with Crippen molar-refractivity contribution in [2.24, 2.45) is 16.7 Å². The minimum atomic E-state index is -2.22. The normalized spacial score (nSPS) is 35.9. The summed E-state index contributed by atoms with van der Waals surface area (Å²) in [5.41, 5.74) is -2.78. The number of ether oxygens (including phenoxy) is 2. The van der Waals surface area contributed by atoms with Crippen LogP contribution in [0.5, 0.6) is 0 Å². The van der Waals surface area contributed by atoms with Gasteiger partial charge in [0, 0.05) is 41.6 Å². The Balaban J connectivity index is 2.04. The van der Waals surface area contributed by atoms with Crippen molar-refractivity contribution < 1.29 is 37.4 Å². The molecule has 3 fully saturated rings. The topological polar surface area (TPSA) is 101 Å². The van der Waals surface area contributed by atoms with Crippen molar-refractivity contribution in [1.29, 1.82) is 0 Å². The van der Waals surface area contributed by atoms with Crippen LogP contribution in [0.4, 0.5) is 4.79 Å². The quantitative estimate of drug-likeness (QED) is 0.130. The van der Waals surface area contributed by atoms with Gasteiger partial charge in [0.2, 0.25) is 0 Å². The largest absolute Gasteiger partial charge is 0.509 e. The number of Topliss-reactive ketones (excluding diaryl/α,β-unsaturated/α-hetero) is 1. The molecule has 0 unspecified atom stereocenters. The van der Waals surface area contributed by atoms with Gasteiger partial charge in [0.1, 0.15) is 0 Å². The molecule has 11 heteroatoms. The van der Waals surface area contributed by atoms with E-state index in [9.17, 15) is 9.90 Å². The Morgan fingerprint density at radius 2 is 1.16 bits per heavy atom. The van der Waals surface area contributed by atoms with E-state index in [1.165, 1.54) is 0 Å². The number of ketones is 1. The summed E-state index contributed by atoms with van der Waals surface area (Å²) < 4.78 is 34.9.